The van der Waals surface area contributed by atoms with Gasteiger partial charge in [-0.1, -0.05) is 44.6 Å². The fourth-order valence-corrected chi connectivity index (χ4v) is 13.7. The highest BCUT2D eigenvalue weighted by atomic mass is 32.1. The van der Waals surface area contributed by atoms with Crippen LogP contribution in [0.25, 0.3) is 41.9 Å². The number of nitriles is 2. The van der Waals surface area contributed by atoms with Crippen LogP contribution in [0.5, 0.6) is 0 Å². The maximum absolute atomic E-state index is 14.7. The van der Waals surface area contributed by atoms with Gasteiger partial charge in [-0.3, -0.25) is 9.59 Å². The smallest absolute Gasteiger partial charge is 0.270 e. The van der Waals surface area contributed by atoms with Crippen molar-refractivity contribution in [2.75, 3.05) is 0 Å². The topological polar surface area (TPSA) is 90.4 Å². The predicted octanol–water partition coefficient (Wildman–Crippen LogP) is 12.8. The zero-order valence-corrected chi connectivity index (χ0v) is 33.3. The van der Waals surface area contributed by atoms with Gasteiger partial charge in [-0.05, 0) is 102 Å². The van der Waals surface area contributed by atoms with Gasteiger partial charge in [0.15, 0.2) is 34.8 Å². The van der Waals surface area contributed by atoms with Crippen molar-refractivity contribution >= 4 is 66.4 Å². The number of benzene rings is 2. The van der Waals surface area contributed by atoms with Crippen molar-refractivity contribution in [3.05, 3.63) is 160 Å². The van der Waals surface area contributed by atoms with E-state index in [0.29, 0.717) is 4.88 Å². The minimum absolute atomic E-state index is 0.0112. The quantitative estimate of drug-likeness (QED) is 0.0870. The first-order valence-corrected chi connectivity index (χ1v) is 21.2. The number of allylic oxidation sites excluding steroid dienone is 11. The summed E-state index contributed by atoms with van der Waals surface area (Å²) in [6.45, 7) is 15.4. The summed E-state index contributed by atoms with van der Waals surface area (Å²) in [5.41, 5.74) is 2.96. The number of rotatable bonds is 2. The number of ketones is 2. The first-order valence-electron chi connectivity index (χ1n) is 19.6. The molecule has 0 bridgehead atoms. The van der Waals surface area contributed by atoms with Crippen LogP contribution in [0.3, 0.4) is 0 Å². The Balaban J connectivity index is 1.14. The average Bonchev–Trinajstić information content (AvgIpc) is 4.04. The second-order valence-corrected chi connectivity index (χ2v) is 18.3. The third kappa shape index (κ3) is 5.05. The number of hydrogen-bond acceptors (Lipinski definition) is 6. The monoisotopic (exact) mass is 832 g/mol. The SMILES string of the molecule is [C-]#[N+]C(C#N)=C1/C(=C/c2cc3sc4c(c3s2)C2(CCCCC2)C2=C4C3(CCCCC3)C(/C=C3\C(=O)c4cc(F)c(F)cc4\C3=C(\C#N)[N+]#[C-])=C2)C(=O)c2cc(F)c(F)cc21. The van der Waals surface area contributed by atoms with E-state index in [9.17, 15) is 37.7 Å². The Morgan fingerprint density at radius 1 is 0.667 bits per heavy atom. The van der Waals surface area contributed by atoms with Crippen LogP contribution in [-0.2, 0) is 5.41 Å². The first-order chi connectivity index (χ1) is 29.0. The van der Waals surface area contributed by atoms with Gasteiger partial charge in [0, 0.05) is 58.7 Å². The number of thiophene rings is 2. The zero-order valence-electron chi connectivity index (χ0n) is 31.6. The van der Waals surface area contributed by atoms with Crippen molar-refractivity contribution in [3.8, 4) is 12.1 Å². The Kier molecular flexibility index (Phi) is 8.54. The molecule has 2 saturated carbocycles. The van der Waals surface area contributed by atoms with Crippen LogP contribution in [0.2, 0.25) is 0 Å². The molecular formula is C48H28F4N4O2S2. The number of hydrogen-bond donors (Lipinski definition) is 0. The molecule has 0 atom stereocenters. The van der Waals surface area contributed by atoms with Gasteiger partial charge in [-0.15, -0.1) is 22.7 Å². The van der Waals surface area contributed by atoms with Crippen LogP contribution < -0.4 is 0 Å². The molecule has 0 saturated heterocycles. The van der Waals surface area contributed by atoms with E-state index < -0.39 is 40.3 Å². The van der Waals surface area contributed by atoms with Gasteiger partial charge < -0.3 is 0 Å². The zero-order chi connectivity index (χ0) is 41.8. The largest absolute Gasteiger partial charge is 0.289 e. The molecule has 6 aliphatic carbocycles. The molecule has 12 heteroatoms. The lowest BCUT2D eigenvalue weighted by Gasteiger charge is -2.38. The molecule has 2 spiro atoms. The molecule has 0 amide bonds. The van der Waals surface area contributed by atoms with Crippen molar-refractivity contribution in [3.63, 3.8) is 0 Å². The summed E-state index contributed by atoms with van der Waals surface area (Å²) in [4.78, 5) is 36.5. The Hall–Kier alpha value is -6.44. The summed E-state index contributed by atoms with van der Waals surface area (Å²) >= 11 is 3.17. The highest BCUT2D eigenvalue weighted by Gasteiger charge is 2.56. The number of halogens is 4. The number of carbonyl (C=O) groups is 2. The second-order valence-electron chi connectivity index (χ2n) is 16.1. The minimum Gasteiger partial charge on any atom is -0.289 e. The van der Waals surface area contributed by atoms with Crippen LogP contribution in [0.4, 0.5) is 17.6 Å². The van der Waals surface area contributed by atoms with Gasteiger partial charge >= 0.3 is 0 Å². The molecule has 2 fully saturated rings. The number of nitrogens with zero attached hydrogens (tertiary/aromatic N) is 4. The van der Waals surface area contributed by atoms with E-state index in [2.05, 4.69) is 15.8 Å². The molecule has 2 heterocycles. The van der Waals surface area contributed by atoms with E-state index in [-0.39, 0.29) is 61.4 Å². The summed E-state index contributed by atoms with van der Waals surface area (Å²) in [5, 5.41) is 19.9. The van der Waals surface area contributed by atoms with Crippen LogP contribution in [0, 0.1) is 64.5 Å². The van der Waals surface area contributed by atoms with Crippen LogP contribution in [0.1, 0.15) is 111 Å². The highest BCUT2D eigenvalue weighted by molar-refractivity contribution is 7.29. The molecular weight excluding hydrogens is 805 g/mol. The van der Waals surface area contributed by atoms with E-state index in [4.69, 9.17) is 13.1 Å². The third-order valence-electron chi connectivity index (χ3n) is 13.3. The normalized spacial score (nSPS) is 22.4. The maximum Gasteiger partial charge on any atom is 0.270 e. The number of Topliss-reactive ketones (excluding diaryl/α,β-unsaturated/α-hetero) is 2. The molecule has 0 unspecified atom stereocenters. The van der Waals surface area contributed by atoms with E-state index in [0.717, 1.165) is 103 Å². The van der Waals surface area contributed by atoms with E-state index in [1.807, 2.05) is 18.2 Å². The van der Waals surface area contributed by atoms with Crippen molar-refractivity contribution < 1.29 is 27.2 Å². The summed E-state index contributed by atoms with van der Waals surface area (Å²) in [5.74, 6) is -5.89. The van der Waals surface area contributed by atoms with Crippen LogP contribution in [-0.4, -0.2) is 11.6 Å². The van der Waals surface area contributed by atoms with Gasteiger partial charge in [0.1, 0.15) is 0 Å². The summed E-state index contributed by atoms with van der Waals surface area (Å²) in [6, 6.07) is 9.13. The third-order valence-corrected chi connectivity index (χ3v) is 15.7. The van der Waals surface area contributed by atoms with Crippen LogP contribution >= 0.6 is 22.7 Å². The molecule has 292 valence electrons. The van der Waals surface area contributed by atoms with Gasteiger partial charge in [0.25, 0.3) is 11.4 Å². The van der Waals surface area contributed by atoms with E-state index >= 15 is 0 Å². The molecule has 0 N–H and O–H groups in total. The molecule has 6 nitrogen and oxygen atoms in total. The molecule has 0 aliphatic heterocycles. The lowest BCUT2D eigenvalue weighted by atomic mass is 9.66. The molecule has 10 rings (SSSR count). The average molecular weight is 833 g/mol. The van der Waals surface area contributed by atoms with Crippen LogP contribution in [0.15, 0.2) is 76.2 Å². The number of carbonyl (C=O) groups excluding carboxylic acids is 2. The molecule has 4 aromatic rings. The van der Waals surface area contributed by atoms with Crippen molar-refractivity contribution in [2.24, 2.45) is 5.41 Å². The lowest BCUT2D eigenvalue weighted by Crippen LogP contribution is -2.28. The molecule has 60 heavy (non-hydrogen) atoms. The Labute approximate surface area is 349 Å². The van der Waals surface area contributed by atoms with Gasteiger partial charge in [-0.2, -0.15) is 0 Å². The van der Waals surface area contributed by atoms with Gasteiger partial charge in [0.05, 0.1) is 30.0 Å². The number of fused-ring (bicyclic) bond motifs is 9. The summed E-state index contributed by atoms with van der Waals surface area (Å²) < 4.78 is 60.1. The summed E-state index contributed by atoms with van der Waals surface area (Å²) in [7, 11) is 0. The Morgan fingerprint density at radius 3 is 1.65 bits per heavy atom. The first kappa shape index (κ1) is 37.8. The fourth-order valence-electron chi connectivity index (χ4n) is 10.8. The fraction of sp³-hybridized carbons (Fsp3) is 0.250. The highest BCUT2D eigenvalue weighted by Crippen LogP contribution is 2.70. The predicted molar refractivity (Wildman–Crippen MR) is 221 cm³/mol. The minimum atomic E-state index is -1.20. The maximum atomic E-state index is 14.7. The molecule has 2 aromatic heterocycles. The molecule has 2 aromatic carbocycles. The van der Waals surface area contributed by atoms with Gasteiger partial charge in [-0.25, -0.2) is 37.8 Å². The summed E-state index contributed by atoms with van der Waals surface area (Å²) in [6.07, 6.45) is 15.0. The standard InChI is InChI=1S/C48H28F4N4O2S2/c1-55-36(21-53)39-25-17-32(49)34(51)19-27(25)43(57)29(39)13-23-14-31-41(47(23)9-5-3-6-10-47)46-42(48(31)11-7-4-8-12-48)45-38(60-46)16-24(59-45)15-30-40(37(22-54)56-2)26-18-33(50)35(52)20-28(26)44(30)58/h13-20H,3-12H2/b29-13-,30-15-,39-36+,40-37?. The second kappa shape index (κ2) is 13.5. The lowest BCUT2D eigenvalue weighted by molar-refractivity contribution is 0.103. The van der Waals surface area contributed by atoms with E-state index in [1.165, 1.54) is 32.9 Å². The van der Waals surface area contributed by atoms with Gasteiger partial charge in [0.2, 0.25) is 0 Å². The Bertz CT molecular complexity index is 3100. The Morgan fingerprint density at radius 2 is 1.15 bits per heavy atom. The molecule has 0 radical (unpaired) electrons. The van der Waals surface area contributed by atoms with Crippen molar-refractivity contribution in [1.29, 1.82) is 10.5 Å². The molecule has 6 aliphatic rings. The van der Waals surface area contributed by atoms with Crippen molar-refractivity contribution in [1.82, 2.24) is 0 Å². The van der Waals surface area contributed by atoms with E-state index in [1.54, 1.807) is 23.5 Å². The van der Waals surface area contributed by atoms with Crippen molar-refractivity contribution in [2.45, 2.75) is 69.6 Å².